The SMILES string of the molecule is CN(C)C[C@H]1[C@H]2CN(C(=O)c3ccc4[nH]c5c(c4c3)CCCC5)C[C@]23CC[C@H]1O3. The van der Waals surface area contributed by atoms with E-state index in [0.717, 1.165) is 50.9 Å². The van der Waals surface area contributed by atoms with Crippen molar-refractivity contribution in [2.24, 2.45) is 11.8 Å². The Kier molecular flexibility index (Phi) is 3.92. The van der Waals surface area contributed by atoms with E-state index in [1.165, 1.54) is 35.0 Å². The molecular weight excluding hydrogens is 362 g/mol. The second-order valence-corrected chi connectivity index (χ2v) is 10.0. The van der Waals surface area contributed by atoms with E-state index in [4.69, 9.17) is 4.74 Å². The lowest BCUT2D eigenvalue weighted by molar-refractivity contribution is 0.00256. The molecule has 0 unspecified atom stereocenters. The van der Waals surface area contributed by atoms with E-state index in [1.54, 1.807) is 0 Å². The topological polar surface area (TPSA) is 48.6 Å². The van der Waals surface area contributed by atoms with E-state index in [2.05, 4.69) is 41.0 Å². The number of H-pyrrole nitrogens is 1. The van der Waals surface area contributed by atoms with Crippen LogP contribution in [-0.2, 0) is 17.6 Å². The molecule has 2 aromatic rings. The fourth-order valence-electron chi connectivity index (χ4n) is 6.73. The second-order valence-electron chi connectivity index (χ2n) is 10.0. The molecule has 3 saturated heterocycles. The van der Waals surface area contributed by atoms with Crippen molar-refractivity contribution in [3.05, 3.63) is 35.0 Å². The summed E-state index contributed by atoms with van der Waals surface area (Å²) in [5.41, 5.74) is 4.74. The summed E-state index contributed by atoms with van der Waals surface area (Å²) in [7, 11) is 4.28. The molecule has 2 bridgehead atoms. The van der Waals surface area contributed by atoms with Gasteiger partial charge in [-0.2, -0.15) is 0 Å². The van der Waals surface area contributed by atoms with Crippen molar-refractivity contribution in [1.29, 1.82) is 0 Å². The average molecular weight is 394 g/mol. The van der Waals surface area contributed by atoms with E-state index in [9.17, 15) is 4.79 Å². The third-order valence-electron chi connectivity index (χ3n) is 7.99. The van der Waals surface area contributed by atoms with Gasteiger partial charge in [0.1, 0.15) is 0 Å². The van der Waals surface area contributed by atoms with Gasteiger partial charge < -0.3 is 19.5 Å². The first-order chi connectivity index (χ1) is 14.0. The van der Waals surface area contributed by atoms with Gasteiger partial charge in [0.2, 0.25) is 0 Å². The van der Waals surface area contributed by atoms with Crippen LogP contribution in [0.25, 0.3) is 10.9 Å². The van der Waals surface area contributed by atoms with Crippen molar-refractivity contribution in [2.45, 2.75) is 50.2 Å². The van der Waals surface area contributed by atoms with E-state index < -0.39 is 0 Å². The number of ether oxygens (including phenoxy) is 1. The predicted octanol–water partition coefficient (Wildman–Crippen LogP) is 3.23. The molecule has 1 aliphatic carbocycles. The number of aromatic nitrogens is 1. The molecule has 4 heterocycles. The molecule has 0 saturated carbocycles. The van der Waals surface area contributed by atoms with E-state index in [1.807, 2.05) is 6.07 Å². The Morgan fingerprint density at radius 1 is 1.31 bits per heavy atom. The summed E-state index contributed by atoms with van der Waals surface area (Å²) in [6.07, 6.45) is 7.43. The molecule has 29 heavy (non-hydrogen) atoms. The van der Waals surface area contributed by atoms with Crippen molar-refractivity contribution < 1.29 is 9.53 Å². The number of likely N-dealkylation sites (tertiary alicyclic amines) is 1. The van der Waals surface area contributed by atoms with E-state index in [-0.39, 0.29) is 11.5 Å². The zero-order valence-electron chi connectivity index (χ0n) is 17.5. The Morgan fingerprint density at radius 3 is 3.03 bits per heavy atom. The van der Waals surface area contributed by atoms with Crippen molar-refractivity contribution >= 4 is 16.8 Å². The Morgan fingerprint density at radius 2 is 2.17 bits per heavy atom. The fourth-order valence-corrected chi connectivity index (χ4v) is 6.73. The van der Waals surface area contributed by atoms with Crippen LogP contribution in [0.4, 0.5) is 0 Å². The van der Waals surface area contributed by atoms with Crippen LogP contribution in [0.3, 0.4) is 0 Å². The maximum absolute atomic E-state index is 13.5. The number of rotatable bonds is 3. The largest absolute Gasteiger partial charge is 0.369 e. The summed E-state index contributed by atoms with van der Waals surface area (Å²) in [5.74, 6) is 1.21. The average Bonchev–Trinajstić information content (AvgIpc) is 3.45. The minimum atomic E-state index is -0.0850. The number of hydrogen-bond donors (Lipinski definition) is 1. The Hall–Kier alpha value is -1.85. The zero-order valence-corrected chi connectivity index (χ0v) is 17.5. The lowest BCUT2D eigenvalue weighted by Gasteiger charge is -2.30. The van der Waals surface area contributed by atoms with Crippen LogP contribution >= 0.6 is 0 Å². The summed E-state index contributed by atoms with van der Waals surface area (Å²) >= 11 is 0. The van der Waals surface area contributed by atoms with Gasteiger partial charge in [-0.25, -0.2) is 0 Å². The van der Waals surface area contributed by atoms with Gasteiger partial charge in [-0.05, 0) is 76.4 Å². The molecule has 4 atom stereocenters. The van der Waals surface area contributed by atoms with Gasteiger partial charge in [-0.1, -0.05) is 0 Å². The van der Waals surface area contributed by atoms with Gasteiger partial charge in [0, 0.05) is 47.1 Å². The first-order valence-electron chi connectivity index (χ1n) is 11.3. The molecule has 1 amide bonds. The summed E-state index contributed by atoms with van der Waals surface area (Å²) in [5, 5.41) is 1.26. The Labute approximate surface area is 172 Å². The standard InChI is InChI=1S/C24H31N3O2/c1-26(2)12-18-19-13-27(14-24(19)10-9-22(18)29-24)23(28)15-7-8-21-17(11-15)16-5-3-4-6-20(16)25-21/h7-8,11,18-19,22,25H,3-6,9-10,12-14H2,1-2H3/t18-,19+,22+,24+/m0/s1. The third kappa shape index (κ3) is 2.63. The minimum absolute atomic E-state index is 0.0850. The van der Waals surface area contributed by atoms with E-state index >= 15 is 0 Å². The number of aryl methyl sites for hydroxylation is 2. The molecule has 3 aliphatic heterocycles. The highest BCUT2D eigenvalue weighted by Gasteiger charge is 2.63. The first kappa shape index (κ1) is 18.0. The minimum Gasteiger partial charge on any atom is -0.369 e. The number of hydrogen-bond acceptors (Lipinski definition) is 3. The van der Waals surface area contributed by atoms with Gasteiger partial charge >= 0.3 is 0 Å². The molecule has 3 fully saturated rings. The van der Waals surface area contributed by atoms with Crippen LogP contribution in [0.1, 0.15) is 47.3 Å². The molecule has 5 heteroatoms. The Bertz CT molecular complexity index is 980. The monoisotopic (exact) mass is 393 g/mol. The van der Waals surface area contributed by atoms with Crippen molar-refractivity contribution in [3.63, 3.8) is 0 Å². The zero-order chi connectivity index (χ0) is 19.8. The van der Waals surface area contributed by atoms with Crippen LogP contribution in [0.5, 0.6) is 0 Å². The number of carbonyl (C=O) groups is 1. The maximum Gasteiger partial charge on any atom is 0.253 e. The molecule has 4 aliphatic rings. The van der Waals surface area contributed by atoms with Gasteiger partial charge in [0.25, 0.3) is 5.91 Å². The van der Waals surface area contributed by atoms with Crippen LogP contribution in [0.15, 0.2) is 18.2 Å². The van der Waals surface area contributed by atoms with Gasteiger partial charge in [-0.15, -0.1) is 0 Å². The summed E-state index contributed by atoms with van der Waals surface area (Å²) < 4.78 is 6.52. The van der Waals surface area contributed by atoms with E-state index in [0.29, 0.717) is 17.9 Å². The number of carbonyl (C=O) groups excluding carboxylic acids is 1. The van der Waals surface area contributed by atoms with Crippen molar-refractivity contribution in [3.8, 4) is 0 Å². The smallest absolute Gasteiger partial charge is 0.253 e. The molecule has 6 rings (SSSR count). The highest BCUT2D eigenvalue weighted by Crippen LogP contribution is 2.55. The quantitative estimate of drug-likeness (QED) is 0.871. The summed E-state index contributed by atoms with van der Waals surface area (Å²) in [4.78, 5) is 21.4. The number of aromatic amines is 1. The van der Waals surface area contributed by atoms with Crippen molar-refractivity contribution in [1.82, 2.24) is 14.8 Å². The van der Waals surface area contributed by atoms with Crippen LogP contribution in [0, 0.1) is 11.8 Å². The van der Waals surface area contributed by atoms with Gasteiger partial charge in [0.05, 0.1) is 18.2 Å². The molecular formula is C24H31N3O2. The Balaban J connectivity index is 1.28. The predicted molar refractivity (Wildman–Crippen MR) is 113 cm³/mol. The molecule has 1 spiro atoms. The van der Waals surface area contributed by atoms with Crippen molar-refractivity contribution in [2.75, 3.05) is 33.7 Å². The molecule has 1 aromatic carbocycles. The molecule has 1 aromatic heterocycles. The molecule has 0 radical (unpaired) electrons. The third-order valence-corrected chi connectivity index (χ3v) is 7.99. The highest BCUT2D eigenvalue weighted by atomic mass is 16.5. The molecule has 1 N–H and O–H groups in total. The number of nitrogens with zero attached hydrogens (tertiary/aromatic N) is 2. The van der Waals surface area contributed by atoms with Crippen LogP contribution in [0.2, 0.25) is 0 Å². The first-order valence-corrected chi connectivity index (χ1v) is 11.3. The highest BCUT2D eigenvalue weighted by molar-refractivity contribution is 5.99. The van der Waals surface area contributed by atoms with Crippen LogP contribution in [-0.4, -0.2) is 66.1 Å². The maximum atomic E-state index is 13.5. The molecule has 5 nitrogen and oxygen atoms in total. The summed E-state index contributed by atoms with van der Waals surface area (Å²) in [6.45, 7) is 2.66. The number of nitrogens with one attached hydrogen (secondary N) is 1. The van der Waals surface area contributed by atoms with Gasteiger partial charge in [0.15, 0.2) is 0 Å². The number of fused-ring (bicyclic) bond motifs is 4. The lowest BCUT2D eigenvalue weighted by atomic mass is 9.73. The second kappa shape index (κ2) is 6.32. The normalized spacial score (nSPS) is 32.9. The lowest BCUT2D eigenvalue weighted by Crippen LogP contribution is -2.40. The number of amides is 1. The molecule has 154 valence electrons. The van der Waals surface area contributed by atoms with Crippen LogP contribution < -0.4 is 0 Å². The van der Waals surface area contributed by atoms with Gasteiger partial charge in [-0.3, -0.25) is 4.79 Å². The number of benzene rings is 1. The fraction of sp³-hybridized carbons (Fsp3) is 0.625. The summed E-state index contributed by atoms with van der Waals surface area (Å²) in [6, 6.07) is 6.25.